The quantitative estimate of drug-likeness (QED) is 0.382. The molecule has 0 saturated carbocycles. The molecule has 1 heterocycles. The zero-order valence-electron chi connectivity index (χ0n) is 12.1. The van der Waals surface area contributed by atoms with Crippen molar-refractivity contribution in [2.45, 2.75) is 57.0 Å². The van der Waals surface area contributed by atoms with Gasteiger partial charge in [0.05, 0.1) is 24.2 Å². The highest BCUT2D eigenvalue weighted by molar-refractivity contribution is 5.08. The van der Waals surface area contributed by atoms with Gasteiger partial charge < -0.3 is 25.5 Å². The molecular formula is C14H24N2O5. The Balaban J connectivity index is 2.72. The Morgan fingerprint density at radius 1 is 1.05 bits per heavy atom. The molecule has 0 unspecified atom stereocenters. The number of nitrogens with zero attached hydrogens (tertiary/aromatic N) is 2. The Bertz CT molecular complexity index is 418. The molecule has 1 rings (SSSR count). The molecule has 4 atom stereocenters. The van der Waals surface area contributed by atoms with Gasteiger partial charge in [-0.05, 0) is 12.8 Å². The maximum Gasteiger partial charge on any atom is 0.126 e. The molecule has 0 aromatic carbocycles. The van der Waals surface area contributed by atoms with E-state index < -0.39 is 31.0 Å². The van der Waals surface area contributed by atoms with Crippen LogP contribution in [0.2, 0.25) is 0 Å². The first-order valence-electron chi connectivity index (χ1n) is 7.15. The van der Waals surface area contributed by atoms with Gasteiger partial charge in [-0.25, -0.2) is 0 Å². The van der Waals surface area contributed by atoms with Crippen molar-refractivity contribution in [2.24, 2.45) is 0 Å². The smallest absolute Gasteiger partial charge is 0.126 e. The molecule has 1 aromatic rings. The minimum Gasteiger partial charge on any atom is -0.394 e. The van der Waals surface area contributed by atoms with Gasteiger partial charge in [0.15, 0.2) is 0 Å². The predicted molar refractivity (Wildman–Crippen MR) is 75.3 cm³/mol. The van der Waals surface area contributed by atoms with Crippen molar-refractivity contribution in [3.63, 3.8) is 0 Å². The van der Waals surface area contributed by atoms with Gasteiger partial charge in [0.1, 0.15) is 24.4 Å². The first-order valence-corrected chi connectivity index (χ1v) is 7.15. The summed E-state index contributed by atoms with van der Waals surface area (Å²) in [4.78, 5) is 8.17. The van der Waals surface area contributed by atoms with Crippen LogP contribution in [-0.2, 0) is 6.42 Å². The van der Waals surface area contributed by atoms with Gasteiger partial charge in [0.2, 0.25) is 0 Å². The van der Waals surface area contributed by atoms with Crippen LogP contribution in [0.3, 0.4) is 0 Å². The topological polar surface area (TPSA) is 127 Å². The zero-order valence-corrected chi connectivity index (χ0v) is 12.1. The monoisotopic (exact) mass is 300 g/mol. The molecule has 0 saturated heterocycles. The molecule has 5 N–H and O–H groups in total. The molecule has 1 aromatic heterocycles. The van der Waals surface area contributed by atoms with E-state index in [0.29, 0.717) is 5.69 Å². The standard InChI is InChI=1S/C14H24N2O5/c1-2-3-4-5-9-6-15-7-10(16-9)12(19)14(21)13(20)11(18)8-17/h6-7,11-14,17-21H,2-5,8H2,1H3/t11-,12+,13-,14-/m1/s1. The second kappa shape index (κ2) is 9.01. The largest absolute Gasteiger partial charge is 0.394 e. The van der Waals surface area contributed by atoms with E-state index in [2.05, 4.69) is 16.9 Å². The van der Waals surface area contributed by atoms with Crippen LogP contribution in [-0.4, -0.2) is 60.4 Å². The predicted octanol–water partition coefficient (Wildman–Crippen LogP) is -0.682. The molecule has 0 radical (unpaired) electrons. The van der Waals surface area contributed by atoms with Crippen LogP contribution in [0.1, 0.15) is 43.7 Å². The number of hydrogen-bond acceptors (Lipinski definition) is 7. The fourth-order valence-electron chi connectivity index (χ4n) is 1.94. The van der Waals surface area contributed by atoms with Crippen molar-refractivity contribution in [2.75, 3.05) is 6.61 Å². The van der Waals surface area contributed by atoms with Gasteiger partial charge >= 0.3 is 0 Å². The lowest BCUT2D eigenvalue weighted by atomic mass is 10.0. The Morgan fingerprint density at radius 2 is 1.76 bits per heavy atom. The highest BCUT2D eigenvalue weighted by Crippen LogP contribution is 2.19. The molecule has 7 nitrogen and oxygen atoms in total. The summed E-state index contributed by atoms with van der Waals surface area (Å²) in [5.74, 6) is 0. The molecule has 0 amide bonds. The number of aliphatic hydroxyl groups excluding tert-OH is 5. The van der Waals surface area contributed by atoms with E-state index in [1.54, 1.807) is 6.20 Å². The molecule has 0 aliphatic carbocycles. The van der Waals surface area contributed by atoms with Crippen molar-refractivity contribution in [3.05, 3.63) is 23.8 Å². The van der Waals surface area contributed by atoms with Crippen LogP contribution >= 0.6 is 0 Å². The maximum absolute atomic E-state index is 9.99. The van der Waals surface area contributed by atoms with E-state index in [4.69, 9.17) is 5.11 Å². The van der Waals surface area contributed by atoms with Crippen LogP contribution in [0.5, 0.6) is 0 Å². The second-order valence-electron chi connectivity index (χ2n) is 5.07. The van der Waals surface area contributed by atoms with Crippen LogP contribution in [0.15, 0.2) is 12.4 Å². The summed E-state index contributed by atoms with van der Waals surface area (Å²) in [5, 5.41) is 47.4. The summed E-state index contributed by atoms with van der Waals surface area (Å²) >= 11 is 0. The number of aromatic nitrogens is 2. The fraction of sp³-hybridized carbons (Fsp3) is 0.714. The molecule has 21 heavy (non-hydrogen) atoms. The molecule has 0 aliphatic heterocycles. The van der Waals surface area contributed by atoms with Crippen molar-refractivity contribution >= 4 is 0 Å². The van der Waals surface area contributed by atoms with Crippen LogP contribution < -0.4 is 0 Å². The van der Waals surface area contributed by atoms with Crippen LogP contribution in [0, 0.1) is 0 Å². The number of hydrogen-bond donors (Lipinski definition) is 5. The van der Waals surface area contributed by atoms with Crippen LogP contribution in [0.4, 0.5) is 0 Å². The highest BCUT2D eigenvalue weighted by Gasteiger charge is 2.31. The van der Waals surface area contributed by atoms with E-state index in [-0.39, 0.29) is 5.69 Å². The SMILES string of the molecule is CCCCCc1cncc([C@H](O)[C@@H](O)[C@H](O)[C@H](O)CO)n1. The van der Waals surface area contributed by atoms with E-state index in [9.17, 15) is 20.4 Å². The van der Waals surface area contributed by atoms with Gasteiger partial charge in [0, 0.05) is 6.20 Å². The van der Waals surface area contributed by atoms with Gasteiger partial charge in [-0.15, -0.1) is 0 Å². The van der Waals surface area contributed by atoms with Crippen molar-refractivity contribution in [1.29, 1.82) is 0 Å². The third kappa shape index (κ3) is 5.29. The Kier molecular flexibility index (Phi) is 7.69. The summed E-state index contributed by atoms with van der Waals surface area (Å²) in [7, 11) is 0. The van der Waals surface area contributed by atoms with E-state index in [0.717, 1.165) is 25.7 Å². The van der Waals surface area contributed by atoms with Gasteiger partial charge in [-0.2, -0.15) is 0 Å². The molecule has 120 valence electrons. The van der Waals surface area contributed by atoms with Crippen molar-refractivity contribution in [1.82, 2.24) is 9.97 Å². The van der Waals surface area contributed by atoms with Crippen molar-refractivity contribution < 1.29 is 25.5 Å². The average Bonchev–Trinajstić information content (AvgIpc) is 2.52. The first-order chi connectivity index (χ1) is 10.0. The minimum atomic E-state index is -1.67. The Morgan fingerprint density at radius 3 is 2.38 bits per heavy atom. The van der Waals surface area contributed by atoms with E-state index >= 15 is 0 Å². The molecule has 7 heteroatoms. The number of aryl methyl sites for hydroxylation is 1. The van der Waals surface area contributed by atoms with Crippen LogP contribution in [0.25, 0.3) is 0 Å². The third-order valence-electron chi connectivity index (χ3n) is 3.30. The zero-order chi connectivity index (χ0) is 15.8. The minimum absolute atomic E-state index is 0.126. The maximum atomic E-state index is 9.99. The molecule has 0 fully saturated rings. The first kappa shape index (κ1) is 17.9. The fourth-order valence-corrected chi connectivity index (χ4v) is 1.94. The molecule has 0 aliphatic rings. The summed E-state index contributed by atoms with van der Waals surface area (Å²) in [6.45, 7) is 1.38. The number of aliphatic hydroxyl groups is 5. The second-order valence-corrected chi connectivity index (χ2v) is 5.07. The average molecular weight is 300 g/mol. The lowest BCUT2D eigenvalue weighted by Gasteiger charge is -2.25. The summed E-state index contributed by atoms with van der Waals surface area (Å²) < 4.78 is 0. The van der Waals surface area contributed by atoms with Gasteiger partial charge in [-0.1, -0.05) is 19.8 Å². The molecular weight excluding hydrogens is 276 g/mol. The highest BCUT2D eigenvalue weighted by atomic mass is 16.4. The number of rotatable bonds is 9. The lowest BCUT2D eigenvalue weighted by Crippen LogP contribution is -2.42. The lowest BCUT2D eigenvalue weighted by molar-refractivity contribution is -0.117. The third-order valence-corrected chi connectivity index (χ3v) is 3.30. The van der Waals surface area contributed by atoms with Gasteiger partial charge in [0.25, 0.3) is 0 Å². The van der Waals surface area contributed by atoms with Gasteiger partial charge in [-0.3, -0.25) is 9.97 Å². The Labute approximate surface area is 123 Å². The molecule has 0 bridgehead atoms. The molecule has 0 spiro atoms. The van der Waals surface area contributed by atoms with E-state index in [1.165, 1.54) is 6.20 Å². The Hall–Kier alpha value is -1.12. The van der Waals surface area contributed by atoms with E-state index in [1.807, 2.05) is 0 Å². The van der Waals surface area contributed by atoms with Crippen molar-refractivity contribution in [3.8, 4) is 0 Å². The summed E-state index contributed by atoms with van der Waals surface area (Å²) in [6.07, 6.45) is 0.376. The summed E-state index contributed by atoms with van der Waals surface area (Å²) in [6, 6.07) is 0. The normalized spacial score (nSPS) is 17.2. The summed E-state index contributed by atoms with van der Waals surface area (Å²) in [5.41, 5.74) is 0.824. The number of unbranched alkanes of at least 4 members (excludes halogenated alkanes) is 2.